The molecule has 118 valence electrons. The van der Waals surface area contributed by atoms with Gasteiger partial charge in [-0.05, 0) is 31.2 Å². The fourth-order valence-corrected chi connectivity index (χ4v) is 2.99. The molecule has 0 amide bonds. The summed E-state index contributed by atoms with van der Waals surface area (Å²) in [4.78, 5) is 24.3. The lowest BCUT2D eigenvalue weighted by Gasteiger charge is -2.31. The number of carbonyl (C=O) groups excluding carboxylic acids is 2. The molecular formula is C18H15FO4. The average Bonchev–Trinajstić information content (AvgIpc) is 2.54. The van der Waals surface area contributed by atoms with Gasteiger partial charge >= 0.3 is 5.97 Å². The average molecular weight is 314 g/mol. The molecule has 0 aliphatic carbocycles. The van der Waals surface area contributed by atoms with Crippen LogP contribution < -0.4 is 4.74 Å². The number of fused-ring (bicyclic) bond motifs is 2. The molecule has 2 aromatic carbocycles. The molecule has 0 saturated heterocycles. The first kappa shape index (κ1) is 15.2. The molecule has 0 fully saturated rings. The van der Waals surface area contributed by atoms with E-state index < -0.39 is 23.6 Å². The predicted molar refractivity (Wildman–Crippen MR) is 80.9 cm³/mol. The predicted octanol–water partition coefficient (Wildman–Crippen LogP) is 3.44. The summed E-state index contributed by atoms with van der Waals surface area (Å²) in [5, 5.41) is 0. The molecule has 4 nitrogen and oxygen atoms in total. The molecule has 1 aliphatic rings. The SMILES string of the molecule is COC(=O)[C@H](C(C)=O)[C@@H]1c2ccccc2Oc2ccc(F)cc21. The van der Waals surface area contributed by atoms with E-state index in [0.29, 0.717) is 22.6 Å². The van der Waals surface area contributed by atoms with Gasteiger partial charge in [0.1, 0.15) is 29.0 Å². The molecule has 2 atom stereocenters. The Balaban J connectivity index is 2.24. The maximum Gasteiger partial charge on any atom is 0.317 e. The molecule has 5 heteroatoms. The summed E-state index contributed by atoms with van der Waals surface area (Å²) in [7, 11) is 1.23. The number of ketones is 1. The zero-order valence-electron chi connectivity index (χ0n) is 12.7. The Labute approximate surface area is 132 Å². The second-order valence-corrected chi connectivity index (χ2v) is 5.41. The second kappa shape index (κ2) is 5.83. The number of Topliss-reactive ketones (excluding diaryl/α,β-unsaturated/α-hetero) is 1. The van der Waals surface area contributed by atoms with Crippen molar-refractivity contribution in [3.05, 3.63) is 59.4 Å². The van der Waals surface area contributed by atoms with Crippen molar-refractivity contribution in [2.75, 3.05) is 7.11 Å². The van der Waals surface area contributed by atoms with Crippen molar-refractivity contribution in [3.8, 4) is 11.5 Å². The molecule has 0 bridgehead atoms. The van der Waals surface area contributed by atoms with Crippen molar-refractivity contribution >= 4 is 11.8 Å². The van der Waals surface area contributed by atoms with Gasteiger partial charge in [-0.3, -0.25) is 9.59 Å². The van der Waals surface area contributed by atoms with Gasteiger partial charge in [-0.25, -0.2) is 4.39 Å². The van der Waals surface area contributed by atoms with Gasteiger partial charge in [0, 0.05) is 17.0 Å². The Bertz CT molecular complexity index is 784. The van der Waals surface area contributed by atoms with Gasteiger partial charge in [-0.2, -0.15) is 0 Å². The van der Waals surface area contributed by atoms with E-state index in [2.05, 4.69) is 0 Å². The van der Waals surface area contributed by atoms with E-state index in [4.69, 9.17) is 9.47 Å². The Morgan fingerprint density at radius 1 is 1.13 bits per heavy atom. The number of rotatable bonds is 3. The minimum absolute atomic E-state index is 0.339. The van der Waals surface area contributed by atoms with E-state index in [1.807, 2.05) is 0 Å². The van der Waals surface area contributed by atoms with Crippen LogP contribution in [0.1, 0.15) is 24.0 Å². The standard InChI is InChI=1S/C18H15FO4/c1-10(20)16(18(21)22-2)17-12-5-3-4-6-14(12)23-15-8-7-11(19)9-13(15)17/h3-9,16-17H,1-2H3/t16-,17-/m1/s1. The highest BCUT2D eigenvalue weighted by Crippen LogP contribution is 2.48. The Kier molecular flexibility index (Phi) is 3.86. The summed E-state index contributed by atoms with van der Waals surface area (Å²) in [6, 6.07) is 11.2. The van der Waals surface area contributed by atoms with Crippen LogP contribution in [-0.2, 0) is 14.3 Å². The highest BCUT2D eigenvalue weighted by molar-refractivity contribution is 5.99. The lowest BCUT2D eigenvalue weighted by Crippen LogP contribution is -2.32. The van der Waals surface area contributed by atoms with Crippen LogP contribution in [0.3, 0.4) is 0 Å². The van der Waals surface area contributed by atoms with E-state index in [1.165, 1.54) is 32.2 Å². The highest BCUT2D eigenvalue weighted by Gasteiger charge is 2.40. The van der Waals surface area contributed by atoms with E-state index in [9.17, 15) is 14.0 Å². The van der Waals surface area contributed by atoms with Gasteiger partial charge < -0.3 is 9.47 Å². The topological polar surface area (TPSA) is 52.6 Å². The lowest BCUT2D eigenvalue weighted by molar-refractivity contribution is -0.149. The molecule has 0 N–H and O–H groups in total. The number of ether oxygens (including phenoxy) is 2. The lowest BCUT2D eigenvalue weighted by atomic mass is 9.77. The largest absolute Gasteiger partial charge is 0.468 e. The van der Waals surface area contributed by atoms with Crippen molar-refractivity contribution in [2.45, 2.75) is 12.8 Å². The number of esters is 1. The highest BCUT2D eigenvalue weighted by atomic mass is 19.1. The second-order valence-electron chi connectivity index (χ2n) is 5.41. The number of para-hydroxylation sites is 1. The summed E-state index contributed by atoms with van der Waals surface area (Å²) >= 11 is 0. The molecule has 0 radical (unpaired) electrons. The van der Waals surface area contributed by atoms with Gasteiger partial charge in [0.2, 0.25) is 0 Å². The van der Waals surface area contributed by atoms with Crippen LogP contribution in [-0.4, -0.2) is 18.9 Å². The molecule has 0 spiro atoms. The molecule has 0 aromatic heterocycles. The first-order chi connectivity index (χ1) is 11.0. The van der Waals surface area contributed by atoms with E-state index in [1.54, 1.807) is 24.3 Å². The van der Waals surface area contributed by atoms with Crippen molar-refractivity contribution in [2.24, 2.45) is 5.92 Å². The number of benzene rings is 2. The van der Waals surface area contributed by atoms with Gasteiger partial charge in [0.15, 0.2) is 0 Å². The minimum Gasteiger partial charge on any atom is -0.468 e. The molecule has 1 heterocycles. The molecule has 3 rings (SSSR count). The van der Waals surface area contributed by atoms with Crippen molar-refractivity contribution < 1.29 is 23.5 Å². The zero-order valence-corrected chi connectivity index (χ0v) is 12.7. The van der Waals surface area contributed by atoms with E-state index in [0.717, 1.165) is 0 Å². The number of methoxy groups -OCH3 is 1. The van der Waals surface area contributed by atoms with Crippen LogP contribution >= 0.6 is 0 Å². The van der Waals surface area contributed by atoms with Crippen LogP contribution in [0.2, 0.25) is 0 Å². The van der Waals surface area contributed by atoms with Crippen molar-refractivity contribution in [3.63, 3.8) is 0 Å². The van der Waals surface area contributed by atoms with Gasteiger partial charge in [0.05, 0.1) is 7.11 Å². The number of hydrogen-bond donors (Lipinski definition) is 0. The molecule has 2 aromatic rings. The third kappa shape index (κ3) is 2.59. The summed E-state index contributed by atoms with van der Waals surface area (Å²) in [5.74, 6) is -2.15. The van der Waals surface area contributed by atoms with Gasteiger partial charge in [0.25, 0.3) is 0 Å². The van der Waals surface area contributed by atoms with Crippen molar-refractivity contribution in [1.29, 1.82) is 0 Å². The van der Waals surface area contributed by atoms with Crippen LogP contribution in [0.15, 0.2) is 42.5 Å². The third-order valence-electron chi connectivity index (χ3n) is 4.01. The number of halogens is 1. The molecule has 23 heavy (non-hydrogen) atoms. The minimum atomic E-state index is -1.05. The monoisotopic (exact) mass is 314 g/mol. The maximum atomic E-state index is 13.7. The van der Waals surface area contributed by atoms with Gasteiger partial charge in [-0.1, -0.05) is 18.2 Å². The van der Waals surface area contributed by atoms with Crippen LogP contribution in [0.25, 0.3) is 0 Å². The fraction of sp³-hybridized carbons (Fsp3) is 0.222. The van der Waals surface area contributed by atoms with Crippen LogP contribution in [0, 0.1) is 11.7 Å². The molecule has 0 saturated carbocycles. The van der Waals surface area contributed by atoms with Gasteiger partial charge in [-0.15, -0.1) is 0 Å². The molecule has 0 unspecified atom stereocenters. The van der Waals surface area contributed by atoms with Crippen molar-refractivity contribution in [1.82, 2.24) is 0 Å². The van der Waals surface area contributed by atoms with E-state index >= 15 is 0 Å². The quantitative estimate of drug-likeness (QED) is 0.643. The first-order valence-corrected chi connectivity index (χ1v) is 7.17. The normalized spacial score (nSPS) is 16.6. The number of carbonyl (C=O) groups is 2. The van der Waals surface area contributed by atoms with E-state index in [-0.39, 0.29) is 5.78 Å². The Hall–Kier alpha value is -2.69. The summed E-state index contributed by atoms with van der Waals surface area (Å²) in [6.45, 7) is 1.33. The summed E-state index contributed by atoms with van der Waals surface area (Å²) < 4.78 is 24.3. The summed E-state index contributed by atoms with van der Waals surface area (Å²) in [6.07, 6.45) is 0. The first-order valence-electron chi connectivity index (χ1n) is 7.17. The van der Waals surface area contributed by atoms with Crippen LogP contribution in [0.5, 0.6) is 11.5 Å². The summed E-state index contributed by atoms with van der Waals surface area (Å²) in [5.41, 5.74) is 1.13. The van der Waals surface area contributed by atoms with Crippen LogP contribution in [0.4, 0.5) is 4.39 Å². The smallest absolute Gasteiger partial charge is 0.317 e. The Morgan fingerprint density at radius 2 is 1.83 bits per heavy atom. The molecular weight excluding hydrogens is 299 g/mol. The molecule has 1 aliphatic heterocycles. The fourth-order valence-electron chi connectivity index (χ4n) is 2.99. The zero-order chi connectivity index (χ0) is 16.6. The third-order valence-corrected chi connectivity index (χ3v) is 4.01. The Morgan fingerprint density at radius 3 is 2.52 bits per heavy atom. The maximum absolute atomic E-state index is 13.7. The number of hydrogen-bond acceptors (Lipinski definition) is 4.